The topological polar surface area (TPSA) is 90.7 Å². The van der Waals surface area contributed by atoms with Crippen LogP contribution in [0.3, 0.4) is 0 Å². The lowest BCUT2D eigenvalue weighted by Crippen LogP contribution is -2.05. The lowest BCUT2D eigenvalue weighted by Gasteiger charge is -2.16. The molecule has 0 bridgehead atoms. The lowest BCUT2D eigenvalue weighted by atomic mass is 9.90. The van der Waals surface area contributed by atoms with Crippen LogP contribution in [0.2, 0.25) is 0 Å². The van der Waals surface area contributed by atoms with E-state index in [9.17, 15) is 0 Å². The normalized spacial score (nSPS) is 11.4. The highest BCUT2D eigenvalue weighted by Gasteiger charge is 2.18. The SMILES string of the molecule is CCCCc1nc(C(OC)OC)cn1Cc1ccc(-c2ccccc2-c2nnn[nH]2)c(-c2ccccc2)c1. The van der Waals surface area contributed by atoms with Crippen LogP contribution in [-0.4, -0.2) is 44.4 Å². The van der Waals surface area contributed by atoms with Gasteiger partial charge in [-0.25, -0.2) is 10.1 Å². The largest absolute Gasteiger partial charge is 0.350 e. The van der Waals surface area contributed by atoms with Crippen LogP contribution in [0, 0.1) is 0 Å². The molecule has 0 fully saturated rings. The minimum atomic E-state index is -0.485. The van der Waals surface area contributed by atoms with Crippen molar-refractivity contribution in [2.75, 3.05) is 14.2 Å². The number of hydrogen-bond donors (Lipinski definition) is 1. The number of aryl methyl sites for hydroxylation is 1. The van der Waals surface area contributed by atoms with Crippen LogP contribution in [0.1, 0.15) is 43.1 Å². The van der Waals surface area contributed by atoms with E-state index in [2.05, 4.69) is 80.6 Å². The standard InChI is InChI=1S/C30H32N6O2/c1-4-5-15-28-31-27(30(37-2)38-3)20-36(28)19-21-16-17-24(26(18-21)22-11-7-6-8-12-22)23-13-9-10-14-25(23)29-32-34-35-33-29/h6-14,16-18,20,30H,4-5,15,19H2,1-3H3,(H,32,33,34,35). The number of hydrogen-bond acceptors (Lipinski definition) is 6. The molecule has 0 radical (unpaired) electrons. The van der Waals surface area contributed by atoms with E-state index in [4.69, 9.17) is 14.5 Å². The first kappa shape index (κ1) is 25.5. The maximum absolute atomic E-state index is 5.48. The molecule has 1 N–H and O–H groups in total. The molecule has 2 aromatic heterocycles. The zero-order valence-electron chi connectivity index (χ0n) is 22.0. The van der Waals surface area contributed by atoms with E-state index < -0.39 is 6.29 Å². The van der Waals surface area contributed by atoms with Gasteiger partial charge in [0.05, 0.1) is 0 Å². The van der Waals surface area contributed by atoms with Gasteiger partial charge in [-0.15, -0.1) is 5.10 Å². The first-order valence-corrected chi connectivity index (χ1v) is 12.8. The van der Waals surface area contributed by atoms with Gasteiger partial charge in [-0.3, -0.25) is 0 Å². The number of nitrogens with one attached hydrogen (secondary N) is 1. The second-order valence-electron chi connectivity index (χ2n) is 9.16. The summed E-state index contributed by atoms with van der Waals surface area (Å²) in [4.78, 5) is 4.86. The van der Waals surface area contributed by atoms with Gasteiger partial charge < -0.3 is 14.0 Å². The van der Waals surface area contributed by atoms with Crippen molar-refractivity contribution >= 4 is 0 Å². The van der Waals surface area contributed by atoms with Gasteiger partial charge in [-0.2, -0.15) is 0 Å². The molecule has 0 saturated carbocycles. The highest BCUT2D eigenvalue weighted by Crippen LogP contribution is 2.37. The third-order valence-electron chi connectivity index (χ3n) is 6.64. The Kier molecular flexibility index (Phi) is 8.01. The molecule has 8 nitrogen and oxygen atoms in total. The predicted molar refractivity (Wildman–Crippen MR) is 147 cm³/mol. The number of H-pyrrole nitrogens is 1. The Balaban J connectivity index is 1.58. The Morgan fingerprint density at radius 1 is 0.868 bits per heavy atom. The Morgan fingerprint density at radius 3 is 2.32 bits per heavy atom. The minimum absolute atomic E-state index is 0.485. The van der Waals surface area contributed by atoms with Crippen LogP contribution >= 0.6 is 0 Å². The van der Waals surface area contributed by atoms with Crippen molar-refractivity contribution in [1.29, 1.82) is 0 Å². The number of nitrogens with zero attached hydrogens (tertiary/aromatic N) is 5. The fourth-order valence-electron chi connectivity index (χ4n) is 4.77. The summed E-state index contributed by atoms with van der Waals surface area (Å²) in [5, 5.41) is 14.6. The third kappa shape index (κ3) is 5.41. The van der Waals surface area contributed by atoms with Gasteiger partial charge in [0, 0.05) is 38.9 Å². The molecule has 0 aliphatic carbocycles. The first-order valence-electron chi connectivity index (χ1n) is 12.8. The van der Waals surface area contributed by atoms with Crippen LogP contribution in [0.25, 0.3) is 33.6 Å². The number of imidazole rings is 1. The summed E-state index contributed by atoms with van der Waals surface area (Å²) in [5.74, 6) is 1.68. The fraction of sp³-hybridized carbons (Fsp3) is 0.267. The van der Waals surface area contributed by atoms with Gasteiger partial charge in [0.25, 0.3) is 0 Å². The van der Waals surface area contributed by atoms with Crippen LogP contribution < -0.4 is 0 Å². The van der Waals surface area contributed by atoms with Crippen LogP contribution in [0.5, 0.6) is 0 Å². The number of aromatic amines is 1. The fourth-order valence-corrected chi connectivity index (χ4v) is 4.77. The van der Waals surface area contributed by atoms with E-state index in [0.717, 1.165) is 58.6 Å². The van der Waals surface area contributed by atoms with E-state index in [-0.39, 0.29) is 0 Å². The first-order chi connectivity index (χ1) is 18.7. The zero-order valence-corrected chi connectivity index (χ0v) is 22.0. The molecule has 2 heterocycles. The van der Waals surface area contributed by atoms with Crippen molar-refractivity contribution in [1.82, 2.24) is 30.2 Å². The van der Waals surface area contributed by atoms with Crippen molar-refractivity contribution in [2.45, 2.75) is 39.0 Å². The van der Waals surface area contributed by atoms with Gasteiger partial charge in [0.1, 0.15) is 11.5 Å². The monoisotopic (exact) mass is 508 g/mol. The summed E-state index contributed by atoms with van der Waals surface area (Å²) < 4.78 is 13.2. The number of rotatable bonds is 11. The Morgan fingerprint density at radius 2 is 1.61 bits per heavy atom. The number of ether oxygens (including phenoxy) is 2. The van der Waals surface area contributed by atoms with Crippen molar-refractivity contribution in [3.05, 3.63) is 96.1 Å². The van der Waals surface area contributed by atoms with Crippen LogP contribution in [0.15, 0.2) is 79.0 Å². The van der Waals surface area contributed by atoms with Crippen molar-refractivity contribution in [3.8, 4) is 33.6 Å². The maximum Gasteiger partial charge on any atom is 0.202 e. The molecule has 5 rings (SSSR count). The summed E-state index contributed by atoms with van der Waals surface area (Å²) in [7, 11) is 3.27. The number of unbranched alkanes of at least 4 members (excludes halogenated alkanes) is 1. The molecule has 8 heteroatoms. The van der Waals surface area contributed by atoms with Crippen molar-refractivity contribution < 1.29 is 9.47 Å². The summed E-state index contributed by atoms with van der Waals surface area (Å²) in [5.41, 5.74) is 7.39. The summed E-state index contributed by atoms with van der Waals surface area (Å²) >= 11 is 0. The van der Waals surface area contributed by atoms with Crippen molar-refractivity contribution in [3.63, 3.8) is 0 Å². The van der Waals surface area contributed by atoms with E-state index >= 15 is 0 Å². The lowest BCUT2D eigenvalue weighted by molar-refractivity contribution is -0.108. The van der Waals surface area contributed by atoms with Crippen LogP contribution in [-0.2, 0) is 22.4 Å². The highest BCUT2D eigenvalue weighted by atomic mass is 16.7. The molecular weight excluding hydrogens is 476 g/mol. The van der Waals surface area contributed by atoms with E-state index in [1.54, 1.807) is 14.2 Å². The minimum Gasteiger partial charge on any atom is -0.350 e. The molecule has 5 aromatic rings. The molecule has 0 aliphatic heterocycles. The summed E-state index contributed by atoms with van der Waals surface area (Å²) in [6.45, 7) is 2.89. The molecule has 0 spiro atoms. The Hall–Kier alpha value is -4.14. The summed E-state index contributed by atoms with van der Waals surface area (Å²) in [6, 6.07) is 25.3. The smallest absolute Gasteiger partial charge is 0.202 e. The molecule has 0 saturated heterocycles. The van der Waals surface area contributed by atoms with Crippen molar-refractivity contribution in [2.24, 2.45) is 0 Å². The van der Waals surface area contributed by atoms with Crippen LogP contribution in [0.4, 0.5) is 0 Å². The third-order valence-corrected chi connectivity index (χ3v) is 6.64. The van der Waals surface area contributed by atoms with E-state index in [1.165, 1.54) is 5.56 Å². The van der Waals surface area contributed by atoms with E-state index in [0.29, 0.717) is 12.4 Å². The quantitative estimate of drug-likeness (QED) is 0.218. The molecule has 0 amide bonds. The Bertz CT molecular complexity index is 1460. The number of benzene rings is 3. The molecule has 194 valence electrons. The highest BCUT2D eigenvalue weighted by molar-refractivity contribution is 5.90. The number of aromatic nitrogens is 6. The average Bonchev–Trinajstić information content (AvgIpc) is 3.64. The second-order valence-corrected chi connectivity index (χ2v) is 9.16. The molecule has 3 aromatic carbocycles. The van der Waals surface area contributed by atoms with Gasteiger partial charge >= 0.3 is 0 Å². The van der Waals surface area contributed by atoms with E-state index in [1.807, 2.05) is 30.5 Å². The van der Waals surface area contributed by atoms with Gasteiger partial charge in [-0.1, -0.05) is 80.1 Å². The molecule has 0 unspecified atom stereocenters. The average molecular weight is 509 g/mol. The predicted octanol–water partition coefficient (Wildman–Crippen LogP) is 6.08. The number of methoxy groups -OCH3 is 2. The molecule has 38 heavy (non-hydrogen) atoms. The number of tetrazole rings is 1. The summed E-state index contributed by atoms with van der Waals surface area (Å²) in [6.07, 6.45) is 4.64. The Labute approximate surface area is 222 Å². The van der Waals surface area contributed by atoms with Gasteiger partial charge in [0.15, 0.2) is 5.82 Å². The molecule has 0 atom stereocenters. The molecular formula is C30H32N6O2. The van der Waals surface area contributed by atoms with Gasteiger partial charge in [0.2, 0.25) is 6.29 Å². The second kappa shape index (κ2) is 11.9. The molecule has 0 aliphatic rings. The van der Waals surface area contributed by atoms with Gasteiger partial charge in [-0.05, 0) is 50.7 Å². The maximum atomic E-state index is 5.48. The zero-order chi connectivity index (χ0) is 26.3.